The molecule has 2 rings (SSSR count). The summed E-state index contributed by atoms with van der Waals surface area (Å²) >= 11 is 0. The van der Waals surface area contributed by atoms with Gasteiger partial charge in [-0.05, 0) is 31.4 Å². The highest BCUT2D eigenvalue weighted by molar-refractivity contribution is 5.92. The third-order valence-corrected chi connectivity index (χ3v) is 3.07. The summed E-state index contributed by atoms with van der Waals surface area (Å²) < 4.78 is 0. The number of nitrogens with zero attached hydrogens (tertiary/aromatic N) is 1. The van der Waals surface area contributed by atoms with Crippen molar-refractivity contribution in [1.82, 2.24) is 4.98 Å². The lowest BCUT2D eigenvalue weighted by molar-refractivity contribution is -0.141. The van der Waals surface area contributed by atoms with Gasteiger partial charge in [-0.1, -0.05) is 6.07 Å². The van der Waals surface area contributed by atoms with Crippen LogP contribution < -0.4 is 5.32 Å². The summed E-state index contributed by atoms with van der Waals surface area (Å²) in [5.74, 6) is -1.02. The van der Waals surface area contributed by atoms with Crippen molar-refractivity contribution in [2.24, 2.45) is 11.8 Å². The molecule has 0 unspecified atom stereocenters. The molecular formula is C12H14N2O3. The maximum Gasteiger partial charge on any atom is 0.306 e. The molecule has 0 aliphatic heterocycles. The molecule has 5 heteroatoms. The Balaban J connectivity index is 1.92. The van der Waals surface area contributed by atoms with Crippen molar-refractivity contribution in [3.05, 3.63) is 24.4 Å². The SMILES string of the molecule is O=C(O)[C@@H]1CC[C@H](C(=O)Nc2ccccn2)C1. The van der Waals surface area contributed by atoms with Crippen molar-refractivity contribution >= 4 is 17.7 Å². The fourth-order valence-electron chi connectivity index (χ4n) is 2.11. The Bertz CT molecular complexity index is 419. The first-order valence-electron chi connectivity index (χ1n) is 5.61. The minimum atomic E-state index is -0.807. The molecule has 2 N–H and O–H groups in total. The molecule has 1 aliphatic rings. The van der Waals surface area contributed by atoms with Crippen molar-refractivity contribution < 1.29 is 14.7 Å². The lowest BCUT2D eigenvalue weighted by Gasteiger charge is -2.09. The molecule has 5 nitrogen and oxygen atoms in total. The predicted octanol–water partition coefficient (Wildman–Crippen LogP) is 1.52. The van der Waals surface area contributed by atoms with E-state index in [0.29, 0.717) is 25.1 Å². The van der Waals surface area contributed by atoms with E-state index >= 15 is 0 Å². The fourth-order valence-corrected chi connectivity index (χ4v) is 2.11. The summed E-state index contributed by atoms with van der Waals surface area (Å²) in [5.41, 5.74) is 0. The van der Waals surface area contributed by atoms with Crippen molar-refractivity contribution in [2.75, 3.05) is 5.32 Å². The normalized spacial score (nSPS) is 23.3. The van der Waals surface area contributed by atoms with Crippen LogP contribution >= 0.6 is 0 Å². The highest BCUT2D eigenvalue weighted by atomic mass is 16.4. The molecule has 0 aromatic carbocycles. The molecule has 1 fully saturated rings. The van der Waals surface area contributed by atoms with Crippen LogP contribution in [0.3, 0.4) is 0 Å². The number of rotatable bonds is 3. The van der Waals surface area contributed by atoms with Crippen molar-refractivity contribution in [3.63, 3.8) is 0 Å². The number of amides is 1. The zero-order valence-corrected chi connectivity index (χ0v) is 9.30. The number of nitrogens with one attached hydrogen (secondary N) is 1. The molecular weight excluding hydrogens is 220 g/mol. The van der Waals surface area contributed by atoms with Gasteiger partial charge in [0.15, 0.2) is 0 Å². The monoisotopic (exact) mass is 234 g/mol. The van der Waals surface area contributed by atoms with Crippen LogP contribution in [-0.2, 0) is 9.59 Å². The molecule has 0 bridgehead atoms. The van der Waals surface area contributed by atoms with Crippen LogP contribution in [0.2, 0.25) is 0 Å². The number of carboxylic acid groups (broad SMARTS) is 1. The first kappa shape index (κ1) is 11.6. The molecule has 2 atom stereocenters. The second-order valence-electron chi connectivity index (χ2n) is 4.25. The van der Waals surface area contributed by atoms with Gasteiger partial charge in [-0.2, -0.15) is 0 Å². The smallest absolute Gasteiger partial charge is 0.306 e. The van der Waals surface area contributed by atoms with E-state index in [9.17, 15) is 9.59 Å². The number of pyridine rings is 1. The Hall–Kier alpha value is -1.91. The molecule has 17 heavy (non-hydrogen) atoms. The lowest BCUT2D eigenvalue weighted by Crippen LogP contribution is -2.22. The summed E-state index contributed by atoms with van der Waals surface area (Å²) in [4.78, 5) is 26.6. The molecule has 0 radical (unpaired) electrons. The maximum atomic E-state index is 11.8. The van der Waals surface area contributed by atoms with Crippen LogP contribution in [0.4, 0.5) is 5.82 Å². The van der Waals surface area contributed by atoms with E-state index in [1.807, 2.05) is 0 Å². The minimum Gasteiger partial charge on any atom is -0.481 e. The first-order valence-corrected chi connectivity index (χ1v) is 5.61. The van der Waals surface area contributed by atoms with Crippen molar-refractivity contribution in [3.8, 4) is 0 Å². The summed E-state index contributed by atoms with van der Waals surface area (Å²) in [6.45, 7) is 0. The Morgan fingerprint density at radius 2 is 2.06 bits per heavy atom. The quantitative estimate of drug-likeness (QED) is 0.831. The van der Waals surface area contributed by atoms with Gasteiger partial charge in [0, 0.05) is 12.1 Å². The van der Waals surface area contributed by atoms with Gasteiger partial charge in [-0.25, -0.2) is 4.98 Å². The second-order valence-corrected chi connectivity index (χ2v) is 4.25. The molecule has 1 heterocycles. The number of carboxylic acids is 1. The zero-order chi connectivity index (χ0) is 12.3. The molecule has 1 aliphatic carbocycles. The number of anilines is 1. The van der Waals surface area contributed by atoms with Gasteiger partial charge in [-0.15, -0.1) is 0 Å². The van der Waals surface area contributed by atoms with Gasteiger partial charge in [0.2, 0.25) is 5.91 Å². The molecule has 0 saturated heterocycles. The van der Waals surface area contributed by atoms with E-state index in [4.69, 9.17) is 5.11 Å². The average Bonchev–Trinajstić information content (AvgIpc) is 2.79. The molecule has 1 aromatic rings. The van der Waals surface area contributed by atoms with E-state index in [1.54, 1.807) is 24.4 Å². The average molecular weight is 234 g/mol. The van der Waals surface area contributed by atoms with Crippen molar-refractivity contribution in [2.45, 2.75) is 19.3 Å². The third kappa shape index (κ3) is 2.81. The summed E-state index contributed by atoms with van der Waals surface area (Å²) in [5, 5.41) is 11.6. The predicted molar refractivity (Wildman–Crippen MR) is 61.3 cm³/mol. The van der Waals surface area contributed by atoms with Crippen LogP contribution in [0.15, 0.2) is 24.4 Å². The van der Waals surface area contributed by atoms with Gasteiger partial charge in [0.05, 0.1) is 5.92 Å². The van der Waals surface area contributed by atoms with Crippen LogP contribution in [0.25, 0.3) is 0 Å². The van der Waals surface area contributed by atoms with E-state index in [0.717, 1.165) is 0 Å². The topological polar surface area (TPSA) is 79.3 Å². The second kappa shape index (κ2) is 4.95. The van der Waals surface area contributed by atoms with E-state index in [2.05, 4.69) is 10.3 Å². The minimum absolute atomic E-state index is 0.132. The van der Waals surface area contributed by atoms with Crippen LogP contribution in [0.5, 0.6) is 0 Å². The molecule has 0 spiro atoms. The van der Waals surface area contributed by atoms with Gasteiger partial charge in [0.25, 0.3) is 0 Å². The third-order valence-electron chi connectivity index (χ3n) is 3.07. The lowest BCUT2D eigenvalue weighted by atomic mass is 10.0. The van der Waals surface area contributed by atoms with Gasteiger partial charge < -0.3 is 10.4 Å². The van der Waals surface area contributed by atoms with Crippen molar-refractivity contribution in [1.29, 1.82) is 0 Å². The number of carbonyl (C=O) groups excluding carboxylic acids is 1. The summed E-state index contributed by atoms with van der Waals surface area (Å²) in [6.07, 6.45) is 3.24. The van der Waals surface area contributed by atoms with Gasteiger partial charge in [-0.3, -0.25) is 9.59 Å². The van der Waals surface area contributed by atoms with Crippen LogP contribution in [0, 0.1) is 11.8 Å². The Labute approximate surface area is 98.9 Å². The Morgan fingerprint density at radius 1 is 1.29 bits per heavy atom. The van der Waals surface area contributed by atoms with Crippen LogP contribution in [0.1, 0.15) is 19.3 Å². The molecule has 1 saturated carbocycles. The Kier molecular flexibility index (Phi) is 3.37. The van der Waals surface area contributed by atoms with E-state index in [1.165, 1.54) is 0 Å². The highest BCUT2D eigenvalue weighted by Gasteiger charge is 2.33. The largest absolute Gasteiger partial charge is 0.481 e. The number of carbonyl (C=O) groups is 2. The zero-order valence-electron chi connectivity index (χ0n) is 9.30. The maximum absolute atomic E-state index is 11.8. The number of aliphatic carboxylic acids is 1. The molecule has 90 valence electrons. The van der Waals surface area contributed by atoms with Gasteiger partial charge in [0.1, 0.15) is 5.82 Å². The standard InChI is InChI=1S/C12H14N2O3/c15-11(14-10-3-1-2-6-13-10)8-4-5-9(7-8)12(16)17/h1-3,6,8-9H,4-5,7H2,(H,16,17)(H,13,14,15)/t8-,9+/m0/s1. The highest BCUT2D eigenvalue weighted by Crippen LogP contribution is 2.31. The van der Waals surface area contributed by atoms with Crippen LogP contribution in [-0.4, -0.2) is 22.0 Å². The van der Waals surface area contributed by atoms with Gasteiger partial charge >= 0.3 is 5.97 Å². The number of aromatic nitrogens is 1. The first-order chi connectivity index (χ1) is 8.16. The molecule has 1 aromatic heterocycles. The van der Waals surface area contributed by atoms with E-state index < -0.39 is 5.97 Å². The Morgan fingerprint density at radius 3 is 2.65 bits per heavy atom. The molecule has 1 amide bonds. The van der Waals surface area contributed by atoms with E-state index in [-0.39, 0.29) is 17.7 Å². The summed E-state index contributed by atoms with van der Waals surface area (Å²) in [6, 6.07) is 5.27. The number of hydrogen-bond acceptors (Lipinski definition) is 3. The fraction of sp³-hybridized carbons (Fsp3) is 0.417. The summed E-state index contributed by atoms with van der Waals surface area (Å²) in [7, 11) is 0. The number of hydrogen-bond donors (Lipinski definition) is 2.